The van der Waals surface area contributed by atoms with Gasteiger partial charge in [-0.2, -0.15) is 13.2 Å². The maximum absolute atomic E-state index is 13.4. The topological polar surface area (TPSA) is 117 Å². The molecule has 1 aromatic heterocycles. The van der Waals surface area contributed by atoms with Crippen LogP contribution in [0.25, 0.3) is 11.1 Å². The second-order valence-corrected chi connectivity index (χ2v) is 7.58. The standard InChI is InChI=1S/C23H19F5N4O3/c1-11-4-16(32-22(35)19(33)12-5-14(24)8-15(25)6-12)2-3-17(11)13-7-18(20(29)30-9-13)21(34)31-10-23(26,27)28/h2-9,19,33H,10H2,1H3,(H2,29,30)(H,31,34)(H,32,35)/t19-/m0/s1. The first-order valence-electron chi connectivity index (χ1n) is 10.0. The fourth-order valence-electron chi connectivity index (χ4n) is 3.24. The van der Waals surface area contributed by atoms with Gasteiger partial charge in [-0.3, -0.25) is 9.59 Å². The third-order valence-electron chi connectivity index (χ3n) is 4.87. The maximum Gasteiger partial charge on any atom is 0.405 e. The number of benzene rings is 2. The first kappa shape index (κ1) is 25.6. The summed E-state index contributed by atoms with van der Waals surface area (Å²) in [6, 6.07) is 8.08. The molecule has 0 aliphatic carbocycles. The molecule has 2 aromatic carbocycles. The Bertz CT molecular complexity index is 1260. The number of amides is 2. The summed E-state index contributed by atoms with van der Waals surface area (Å²) in [4.78, 5) is 28.3. The molecule has 184 valence electrons. The van der Waals surface area contributed by atoms with Crippen molar-refractivity contribution in [1.29, 1.82) is 0 Å². The number of rotatable bonds is 6. The number of carbonyl (C=O) groups is 2. The van der Waals surface area contributed by atoms with Gasteiger partial charge in [-0.05, 0) is 53.9 Å². The highest BCUT2D eigenvalue weighted by atomic mass is 19.4. The molecule has 0 aliphatic heterocycles. The van der Waals surface area contributed by atoms with Gasteiger partial charge in [-0.1, -0.05) is 6.07 Å². The minimum absolute atomic E-state index is 0.242. The fraction of sp³-hybridized carbons (Fsp3) is 0.174. The van der Waals surface area contributed by atoms with Gasteiger partial charge in [-0.15, -0.1) is 0 Å². The van der Waals surface area contributed by atoms with Gasteiger partial charge in [0.05, 0.1) is 5.56 Å². The van der Waals surface area contributed by atoms with E-state index >= 15 is 0 Å². The van der Waals surface area contributed by atoms with Gasteiger partial charge in [0.2, 0.25) is 0 Å². The predicted molar refractivity (Wildman–Crippen MR) is 117 cm³/mol. The van der Waals surface area contributed by atoms with E-state index < -0.39 is 42.3 Å². The summed E-state index contributed by atoms with van der Waals surface area (Å²) in [6.07, 6.45) is -5.10. The number of nitrogens with one attached hydrogen (secondary N) is 2. The molecule has 0 unspecified atom stereocenters. The van der Waals surface area contributed by atoms with E-state index in [1.165, 1.54) is 24.4 Å². The number of aromatic nitrogens is 1. The molecular weight excluding hydrogens is 475 g/mol. The van der Waals surface area contributed by atoms with Crippen molar-refractivity contribution in [2.24, 2.45) is 0 Å². The number of carbonyl (C=O) groups excluding carboxylic acids is 2. The van der Waals surface area contributed by atoms with Crippen LogP contribution < -0.4 is 16.4 Å². The third-order valence-corrected chi connectivity index (χ3v) is 4.87. The van der Waals surface area contributed by atoms with Gasteiger partial charge in [0.25, 0.3) is 11.8 Å². The average Bonchev–Trinajstić information content (AvgIpc) is 2.76. The second-order valence-electron chi connectivity index (χ2n) is 7.58. The van der Waals surface area contributed by atoms with Crippen LogP contribution in [0.1, 0.15) is 27.6 Å². The number of hydrogen-bond acceptors (Lipinski definition) is 5. The molecule has 0 aliphatic rings. The lowest BCUT2D eigenvalue weighted by atomic mass is 9.99. The Kier molecular flexibility index (Phi) is 7.34. The fourth-order valence-corrected chi connectivity index (χ4v) is 3.24. The lowest BCUT2D eigenvalue weighted by molar-refractivity contribution is -0.124. The first-order chi connectivity index (χ1) is 16.3. The molecule has 0 fully saturated rings. The van der Waals surface area contributed by atoms with Crippen molar-refractivity contribution < 1.29 is 36.6 Å². The zero-order valence-electron chi connectivity index (χ0n) is 18.1. The normalized spacial score (nSPS) is 12.2. The number of aliphatic hydroxyl groups is 1. The summed E-state index contributed by atoms with van der Waals surface area (Å²) in [7, 11) is 0. The summed E-state index contributed by atoms with van der Waals surface area (Å²) >= 11 is 0. The molecule has 1 heterocycles. The van der Waals surface area contributed by atoms with Gasteiger partial charge in [0, 0.05) is 23.5 Å². The van der Waals surface area contributed by atoms with E-state index in [0.29, 0.717) is 22.8 Å². The van der Waals surface area contributed by atoms with E-state index in [1.807, 2.05) is 0 Å². The maximum atomic E-state index is 13.4. The number of nitrogens with zero attached hydrogens (tertiary/aromatic N) is 1. The number of nitrogen functional groups attached to an aromatic ring is 1. The van der Waals surface area contributed by atoms with Gasteiger partial charge < -0.3 is 21.5 Å². The minimum atomic E-state index is -4.59. The van der Waals surface area contributed by atoms with Crippen LogP contribution in [-0.2, 0) is 4.79 Å². The van der Waals surface area contributed by atoms with Gasteiger partial charge in [-0.25, -0.2) is 13.8 Å². The lowest BCUT2D eigenvalue weighted by Gasteiger charge is -2.14. The monoisotopic (exact) mass is 494 g/mol. The number of nitrogens with two attached hydrogens (primary N) is 1. The van der Waals surface area contributed by atoms with E-state index in [4.69, 9.17) is 5.73 Å². The summed E-state index contributed by atoms with van der Waals surface area (Å²) in [6.45, 7) is 0.125. The molecule has 12 heteroatoms. The van der Waals surface area contributed by atoms with Gasteiger partial charge in [0.15, 0.2) is 6.10 Å². The van der Waals surface area contributed by atoms with E-state index in [1.54, 1.807) is 18.3 Å². The summed E-state index contributed by atoms with van der Waals surface area (Å²) in [5.41, 5.74) is 6.87. The minimum Gasteiger partial charge on any atom is -0.383 e. The van der Waals surface area contributed by atoms with Gasteiger partial charge in [0.1, 0.15) is 24.0 Å². The summed E-state index contributed by atoms with van der Waals surface area (Å²) in [5.74, 6) is -4.12. The Morgan fingerprint density at radius 1 is 1.09 bits per heavy atom. The Balaban J connectivity index is 1.79. The quantitative estimate of drug-likeness (QED) is 0.388. The van der Waals surface area contributed by atoms with Crippen LogP contribution in [-0.4, -0.2) is 34.6 Å². The molecular formula is C23H19F5N4O3. The Morgan fingerprint density at radius 2 is 1.74 bits per heavy atom. The molecule has 7 nitrogen and oxygen atoms in total. The van der Waals surface area contributed by atoms with E-state index in [-0.39, 0.29) is 22.6 Å². The van der Waals surface area contributed by atoms with Crippen LogP contribution in [0.15, 0.2) is 48.7 Å². The molecule has 2 amide bonds. The Hall–Kier alpha value is -4.06. The molecule has 0 radical (unpaired) electrons. The molecule has 5 N–H and O–H groups in total. The smallest absolute Gasteiger partial charge is 0.383 e. The molecule has 3 rings (SSSR count). The molecule has 0 saturated heterocycles. The highest BCUT2D eigenvalue weighted by molar-refractivity contribution is 5.99. The third kappa shape index (κ3) is 6.51. The highest BCUT2D eigenvalue weighted by Crippen LogP contribution is 2.28. The SMILES string of the molecule is Cc1cc(NC(=O)[C@@H](O)c2cc(F)cc(F)c2)ccc1-c1cnc(N)c(C(=O)NCC(F)(F)F)c1. The highest BCUT2D eigenvalue weighted by Gasteiger charge is 2.28. The molecule has 35 heavy (non-hydrogen) atoms. The van der Waals surface area contributed by atoms with Crippen molar-refractivity contribution in [2.45, 2.75) is 19.2 Å². The molecule has 0 spiro atoms. The number of hydrogen-bond donors (Lipinski definition) is 4. The molecule has 0 bridgehead atoms. The largest absolute Gasteiger partial charge is 0.405 e. The zero-order valence-corrected chi connectivity index (χ0v) is 18.1. The van der Waals surface area contributed by atoms with Crippen molar-refractivity contribution in [3.05, 3.63) is 77.0 Å². The Morgan fingerprint density at radius 3 is 2.34 bits per heavy atom. The Labute approximate surface area is 195 Å². The number of pyridine rings is 1. The van der Waals surface area contributed by atoms with Crippen LogP contribution in [0.4, 0.5) is 33.5 Å². The van der Waals surface area contributed by atoms with E-state index in [0.717, 1.165) is 12.1 Å². The van der Waals surface area contributed by atoms with Crippen molar-refractivity contribution in [1.82, 2.24) is 10.3 Å². The number of anilines is 2. The van der Waals surface area contributed by atoms with Crippen LogP contribution >= 0.6 is 0 Å². The van der Waals surface area contributed by atoms with Crippen molar-refractivity contribution >= 4 is 23.3 Å². The van der Waals surface area contributed by atoms with E-state index in [2.05, 4.69) is 10.3 Å². The van der Waals surface area contributed by atoms with Crippen molar-refractivity contribution in [3.8, 4) is 11.1 Å². The molecule has 3 aromatic rings. The second kappa shape index (κ2) is 10.1. The van der Waals surface area contributed by atoms with Gasteiger partial charge >= 0.3 is 6.18 Å². The zero-order chi connectivity index (χ0) is 25.9. The lowest BCUT2D eigenvalue weighted by Crippen LogP contribution is -2.34. The van der Waals surface area contributed by atoms with Crippen LogP contribution in [0.3, 0.4) is 0 Å². The molecule has 1 atom stereocenters. The number of alkyl halides is 3. The summed E-state index contributed by atoms with van der Waals surface area (Å²) in [5, 5.41) is 14.3. The molecule has 0 saturated carbocycles. The first-order valence-corrected chi connectivity index (χ1v) is 10.0. The number of halogens is 5. The van der Waals surface area contributed by atoms with Crippen LogP contribution in [0, 0.1) is 18.6 Å². The van der Waals surface area contributed by atoms with E-state index in [9.17, 15) is 36.6 Å². The number of aryl methyl sites for hydroxylation is 1. The van der Waals surface area contributed by atoms with Crippen LogP contribution in [0.5, 0.6) is 0 Å². The summed E-state index contributed by atoms with van der Waals surface area (Å²) < 4.78 is 63.9. The van der Waals surface area contributed by atoms with Crippen molar-refractivity contribution in [3.63, 3.8) is 0 Å². The van der Waals surface area contributed by atoms with Crippen LogP contribution in [0.2, 0.25) is 0 Å². The number of aliphatic hydroxyl groups excluding tert-OH is 1. The van der Waals surface area contributed by atoms with Crippen molar-refractivity contribution in [2.75, 3.05) is 17.6 Å². The average molecular weight is 494 g/mol. The predicted octanol–water partition coefficient (Wildman–Crippen LogP) is 3.88.